The van der Waals surface area contributed by atoms with Gasteiger partial charge in [0, 0.05) is 35.4 Å². The largest absolute Gasteiger partial charge is 0.388 e. The van der Waals surface area contributed by atoms with Gasteiger partial charge in [0.15, 0.2) is 0 Å². The van der Waals surface area contributed by atoms with Crippen LogP contribution in [0.4, 0.5) is 11.5 Å². The maximum atomic E-state index is 12.9. The Kier molecular flexibility index (Phi) is 5.75. The Labute approximate surface area is 182 Å². The highest BCUT2D eigenvalue weighted by Gasteiger charge is 2.39. The van der Waals surface area contributed by atoms with Crippen molar-refractivity contribution in [1.29, 1.82) is 5.41 Å². The molecule has 2 fully saturated rings. The highest BCUT2D eigenvalue weighted by atomic mass is 79.9. The second kappa shape index (κ2) is 8.31. The first-order valence-electron chi connectivity index (χ1n) is 10.0. The number of piperidine rings is 1. The van der Waals surface area contributed by atoms with Gasteiger partial charge in [0.2, 0.25) is 5.91 Å². The molecule has 1 amide bonds. The lowest BCUT2D eigenvalue weighted by Crippen LogP contribution is -2.50. The third-order valence-electron chi connectivity index (χ3n) is 5.72. The first kappa shape index (κ1) is 20.7. The molecule has 158 valence electrons. The number of hydrogen-bond acceptors (Lipinski definition) is 6. The van der Waals surface area contributed by atoms with Gasteiger partial charge in [-0.3, -0.25) is 14.2 Å². The number of aromatic nitrogens is 2. The van der Waals surface area contributed by atoms with E-state index in [0.717, 1.165) is 29.2 Å². The zero-order chi connectivity index (χ0) is 21.3. The van der Waals surface area contributed by atoms with Crippen molar-refractivity contribution >= 4 is 39.6 Å². The van der Waals surface area contributed by atoms with Gasteiger partial charge in [-0.15, -0.1) is 0 Å². The van der Waals surface area contributed by atoms with Crippen LogP contribution in [0.3, 0.4) is 0 Å². The number of hydrogen-bond donors (Lipinski definition) is 3. The van der Waals surface area contributed by atoms with Crippen molar-refractivity contribution in [2.75, 3.05) is 18.4 Å². The molecule has 4 rings (SSSR count). The number of benzene rings is 1. The molecule has 1 aliphatic carbocycles. The van der Waals surface area contributed by atoms with E-state index in [1.165, 1.54) is 10.9 Å². The van der Waals surface area contributed by atoms with Crippen molar-refractivity contribution in [3.63, 3.8) is 0 Å². The van der Waals surface area contributed by atoms with Crippen molar-refractivity contribution in [1.82, 2.24) is 14.5 Å². The number of halogens is 1. The topological polar surface area (TPSA) is 111 Å². The molecule has 2 aromatic rings. The van der Waals surface area contributed by atoms with E-state index in [2.05, 4.69) is 26.2 Å². The van der Waals surface area contributed by atoms with Crippen LogP contribution in [-0.2, 0) is 11.3 Å². The van der Waals surface area contributed by atoms with E-state index in [1.807, 2.05) is 29.2 Å². The molecule has 2 aliphatic rings. The predicted molar refractivity (Wildman–Crippen MR) is 117 cm³/mol. The Balaban J connectivity index is 1.48. The van der Waals surface area contributed by atoms with Crippen LogP contribution in [-0.4, -0.2) is 50.4 Å². The van der Waals surface area contributed by atoms with Crippen molar-refractivity contribution in [2.45, 2.75) is 37.8 Å². The lowest BCUT2D eigenvalue weighted by molar-refractivity contribution is -0.137. The van der Waals surface area contributed by atoms with Crippen LogP contribution in [0.15, 0.2) is 39.9 Å². The number of amides is 1. The van der Waals surface area contributed by atoms with Gasteiger partial charge in [0.05, 0.1) is 18.5 Å². The maximum absolute atomic E-state index is 12.9. The zero-order valence-electron chi connectivity index (χ0n) is 16.5. The first-order chi connectivity index (χ1) is 14.4. The summed E-state index contributed by atoms with van der Waals surface area (Å²) in [4.78, 5) is 31.3. The summed E-state index contributed by atoms with van der Waals surface area (Å²) in [6, 6.07) is 7.40. The Bertz CT molecular complexity index is 1010. The average Bonchev–Trinajstić information content (AvgIpc) is 3.57. The molecule has 0 atom stereocenters. The highest BCUT2D eigenvalue weighted by molar-refractivity contribution is 9.10. The Morgan fingerprint density at radius 1 is 1.30 bits per heavy atom. The van der Waals surface area contributed by atoms with Crippen LogP contribution in [0, 0.1) is 11.3 Å². The molecule has 0 unspecified atom stereocenters. The van der Waals surface area contributed by atoms with Crippen LogP contribution < -0.4 is 10.9 Å². The van der Waals surface area contributed by atoms with Gasteiger partial charge in [-0.1, -0.05) is 15.9 Å². The smallest absolute Gasteiger partial charge is 0.264 e. The molecule has 0 radical (unpaired) electrons. The molecular formula is C21H24BrN5O3. The van der Waals surface area contributed by atoms with E-state index in [4.69, 9.17) is 5.41 Å². The van der Waals surface area contributed by atoms with Gasteiger partial charge in [-0.25, -0.2) is 4.98 Å². The Morgan fingerprint density at radius 3 is 2.57 bits per heavy atom. The summed E-state index contributed by atoms with van der Waals surface area (Å²) < 4.78 is 2.28. The minimum atomic E-state index is -1.08. The van der Waals surface area contributed by atoms with E-state index in [0.29, 0.717) is 31.7 Å². The van der Waals surface area contributed by atoms with Crippen LogP contribution >= 0.6 is 15.9 Å². The quantitative estimate of drug-likeness (QED) is 0.558. The van der Waals surface area contributed by atoms with Crippen molar-refractivity contribution < 1.29 is 9.90 Å². The molecule has 8 nitrogen and oxygen atoms in total. The molecule has 1 aliphatic heterocycles. The number of aliphatic hydroxyl groups is 1. The number of anilines is 2. The zero-order valence-corrected chi connectivity index (χ0v) is 18.1. The lowest BCUT2D eigenvalue weighted by atomic mass is 9.91. The molecule has 3 N–H and O–H groups in total. The Hall–Kier alpha value is -2.52. The molecule has 9 heteroatoms. The Morgan fingerprint density at radius 2 is 1.97 bits per heavy atom. The summed E-state index contributed by atoms with van der Waals surface area (Å²) >= 11 is 3.38. The second-order valence-electron chi connectivity index (χ2n) is 8.04. The molecule has 1 saturated heterocycles. The van der Waals surface area contributed by atoms with E-state index in [-0.39, 0.29) is 29.5 Å². The molecular weight excluding hydrogens is 450 g/mol. The van der Waals surface area contributed by atoms with Crippen LogP contribution in [0.5, 0.6) is 0 Å². The van der Waals surface area contributed by atoms with Gasteiger partial charge in [0.1, 0.15) is 11.4 Å². The summed E-state index contributed by atoms with van der Waals surface area (Å²) in [5, 5.41) is 21.7. The van der Waals surface area contributed by atoms with E-state index in [1.54, 1.807) is 0 Å². The van der Waals surface area contributed by atoms with Crippen LogP contribution in [0.25, 0.3) is 0 Å². The fourth-order valence-corrected chi connectivity index (χ4v) is 3.99. The van der Waals surface area contributed by atoms with Crippen LogP contribution in [0.2, 0.25) is 0 Å². The minimum absolute atomic E-state index is 0.0870. The van der Waals surface area contributed by atoms with Gasteiger partial charge in [-0.2, -0.15) is 0 Å². The molecule has 2 heterocycles. The third-order valence-corrected chi connectivity index (χ3v) is 6.25. The predicted octanol–water partition coefficient (Wildman–Crippen LogP) is 2.51. The van der Waals surface area contributed by atoms with Gasteiger partial charge in [-0.05, 0) is 49.9 Å². The number of carbonyl (C=O) groups excluding carboxylic acids is 1. The number of carbonyl (C=O) groups is 1. The third kappa shape index (κ3) is 4.46. The molecule has 1 aromatic heterocycles. The van der Waals surface area contributed by atoms with Crippen molar-refractivity contribution in [2.24, 2.45) is 5.92 Å². The number of rotatable bonds is 6. The molecule has 30 heavy (non-hydrogen) atoms. The first-order valence-corrected chi connectivity index (χ1v) is 10.8. The highest BCUT2D eigenvalue weighted by Crippen LogP contribution is 2.33. The summed E-state index contributed by atoms with van der Waals surface area (Å²) in [5.74, 6) is 0.652. The van der Waals surface area contributed by atoms with Crippen molar-refractivity contribution in [3.8, 4) is 0 Å². The fourth-order valence-electron chi connectivity index (χ4n) is 3.72. The lowest BCUT2D eigenvalue weighted by Gasteiger charge is -2.38. The monoisotopic (exact) mass is 473 g/mol. The van der Waals surface area contributed by atoms with E-state index in [9.17, 15) is 14.7 Å². The number of likely N-dealkylation sites (tertiary alicyclic amines) is 1. The summed E-state index contributed by atoms with van der Waals surface area (Å²) in [6.07, 6.45) is 5.14. The van der Waals surface area contributed by atoms with Crippen LogP contribution in [0.1, 0.15) is 31.2 Å². The maximum Gasteiger partial charge on any atom is 0.264 e. The molecule has 1 aromatic carbocycles. The SMILES string of the molecule is N=Cc1c(Nc2ccc(Br)cc2)ncn(CC2(O)CCN(C(=O)C3CC3)CC2)c1=O. The normalized spacial score (nSPS) is 18.1. The van der Waals surface area contributed by atoms with E-state index < -0.39 is 5.60 Å². The standard InChI is InChI=1S/C21H24BrN5O3/c22-15-3-5-16(6-4-15)25-18-17(11-23)20(29)27(13-24-18)12-21(30)7-9-26(10-8-21)19(28)14-1-2-14/h3-6,11,13-14,23,25,30H,1-2,7-10,12H2. The number of nitrogens with zero attached hydrogens (tertiary/aromatic N) is 3. The molecule has 1 saturated carbocycles. The molecule has 0 spiro atoms. The minimum Gasteiger partial charge on any atom is -0.388 e. The summed E-state index contributed by atoms with van der Waals surface area (Å²) in [6.45, 7) is 1.08. The fraction of sp³-hybridized carbons (Fsp3) is 0.429. The number of nitrogens with one attached hydrogen (secondary N) is 2. The summed E-state index contributed by atoms with van der Waals surface area (Å²) in [7, 11) is 0. The van der Waals surface area contributed by atoms with Gasteiger partial charge >= 0.3 is 0 Å². The molecule has 0 bridgehead atoms. The second-order valence-corrected chi connectivity index (χ2v) is 8.96. The van der Waals surface area contributed by atoms with Gasteiger partial charge in [0.25, 0.3) is 5.56 Å². The van der Waals surface area contributed by atoms with Gasteiger partial charge < -0.3 is 20.7 Å². The van der Waals surface area contributed by atoms with E-state index >= 15 is 0 Å². The average molecular weight is 474 g/mol. The summed E-state index contributed by atoms with van der Waals surface area (Å²) in [5.41, 5.74) is -0.585. The van der Waals surface area contributed by atoms with Crippen molar-refractivity contribution in [3.05, 3.63) is 51.0 Å².